The van der Waals surface area contributed by atoms with Gasteiger partial charge in [-0.05, 0) is 61.2 Å². The van der Waals surface area contributed by atoms with E-state index in [1.54, 1.807) is 30.3 Å². The largest absolute Gasteiger partial charge is 0.450 e. The minimum atomic E-state index is -0.757. The summed E-state index contributed by atoms with van der Waals surface area (Å²) in [5.74, 6) is -0.420. The molecule has 33 heavy (non-hydrogen) atoms. The van der Waals surface area contributed by atoms with E-state index < -0.39 is 11.9 Å². The monoisotopic (exact) mass is 499 g/mol. The number of carbonyl (C=O) groups is 1. The van der Waals surface area contributed by atoms with Gasteiger partial charge >= 0.3 is 0 Å². The number of aromatic nitrogens is 2. The van der Waals surface area contributed by atoms with Crippen LogP contribution < -0.4 is 10.3 Å². The number of anilines is 1. The minimum Gasteiger partial charge on any atom is -0.450 e. The lowest BCUT2D eigenvalue weighted by molar-refractivity contribution is 0.0970. The van der Waals surface area contributed by atoms with Crippen molar-refractivity contribution < 1.29 is 9.21 Å². The summed E-state index contributed by atoms with van der Waals surface area (Å²) in [6.07, 6.45) is 1.66. The number of fused-ring (bicyclic) bond motifs is 2. The van der Waals surface area contributed by atoms with E-state index in [9.17, 15) is 9.59 Å². The quantitative estimate of drug-likeness (QED) is 0.330. The van der Waals surface area contributed by atoms with Crippen molar-refractivity contribution in [2.24, 2.45) is 0 Å². The molecule has 1 atom stereocenters. The Morgan fingerprint density at radius 2 is 1.82 bits per heavy atom. The molecule has 0 saturated heterocycles. The van der Waals surface area contributed by atoms with Gasteiger partial charge in [-0.2, -0.15) is 0 Å². The fourth-order valence-electron chi connectivity index (χ4n) is 4.08. The molecule has 1 unspecified atom stereocenters. The van der Waals surface area contributed by atoms with Crippen molar-refractivity contribution in [3.05, 3.63) is 83.6 Å². The van der Waals surface area contributed by atoms with Crippen LogP contribution in [-0.2, 0) is 6.42 Å². The first-order chi connectivity index (χ1) is 15.8. The fourth-order valence-corrected chi connectivity index (χ4v) is 5.35. The van der Waals surface area contributed by atoms with Gasteiger partial charge in [-0.25, -0.2) is 0 Å². The number of carbonyl (C=O) groups excluding carboxylic acids is 1. The Labute approximate surface area is 203 Å². The number of rotatable bonds is 4. The van der Waals surface area contributed by atoms with E-state index >= 15 is 0 Å². The van der Waals surface area contributed by atoms with Gasteiger partial charge in [-0.15, -0.1) is 10.2 Å². The molecule has 9 heteroatoms. The average Bonchev–Trinajstić information content (AvgIpc) is 3.35. The standard InChI is InChI=1S/C24H19Cl2N3O3S/c1-4-5-18-27-28-24(33-18)29-20(13-6-7-15(25)16(26)10-13)19-21(30)14-8-11(2)12(3)9-17(14)32-22(19)23(29)31/h6-10,20H,4-5H2,1-3H3. The van der Waals surface area contributed by atoms with Gasteiger partial charge in [0.15, 0.2) is 5.43 Å². The van der Waals surface area contributed by atoms with Crippen LogP contribution in [0.5, 0.6) is 0 Å². The Hall–Kier alpha value is -2.74. The lowest BCUT2D eigenvalue weighted by Crippen LogP contribution is -2.29. The first-order valence-corrected chi connectivity index (χ1v) is 12.1. The Morgan fingerprint density at radius 3 is 2.55 bits per heavy atom. The predicted molar refractivity (Wildman–Crippen MR) is 131 cm³/mol. The number of amides is 1. The van der Waals surface area contributed by atoms with Gasteiger partial charge in [0.25, 0.3) is 5.91 Å². The molecule has 0 fully saturated rings. The van der Waals surface area contributed by atoms with Crippen LogP contribution in [-0.4, -0.2) is 16.1 Å². The second-order valence-corrected chi connectivity index (χ2v) is 9.94. The summed E-state index contributed by atoms with van der Waals surface area (Å²) in [6, 6.07) is 7.92. The molecule has 0 aliphatic carbocycles. The summed E-state index contributed by atoms with van der Waals surface area (Å²) < 4.78 is 6.05. The number of benzene rings is 2. The van der Waals surface area contributed by atoms with Gasteiger partial charge in [-0.3, -0.25) is 14.5 Å². The molecule has 3 heterocycles. The van der Waals surface area contributed by atoms with Crippen molar-refractivity contribution in [3.63, 3.8) is 0 Å². The summed E-state index contributed by atoms with van der Waals surface area (Å²) in [5, 5.41) is 10.9. The maximum Gasteiger partial charge on any atom is 0.297 e. The highest BCUT2D eigenvalue weighted by Gasteiger charge is 2.45. The van der Waals surface area contributed by atoms with E-state index in [2.05, 4.69) is 17.1 Å². The van der Waals surface area contributed by atoms with Gasteiger partial charge in [0.1, 0.15) is 10.6 Å². The second kappa shape index (κ2) is 8.24. The minimum absolute atomic E-state index is 0.0130. The molecule has 168 valence electrons. The Morgan fingerprint density at radius 1 is 1.06 bits per heavy atom. The highest BCUT2D eigenvalue weighted by atomic mass is 35.5. The average molecular weight is 500 g/mol. The summed E-state index contributed by atoms with van der Waals surface area (Å²) in [6.45, 7) is 5.92. The summed E-state index contributed by atoms with van der Waals surface area (Å²) >= 11 is 13.8. The molecule has 5 rings (SSSR count). The molecular weight excluding hydrogens is 481 g/mol. The normalized spacial score (nSPS) is 15.5. The van der Waals surface area contributed by atoms with Gasteiger partial charge in [-0.1, -0.05) is 47.5 Å². The van der Waals surface area contributed by atoms with Crippen molar-refractivity contribution in [1.29, 1.82) is 0 Å². The van der Waals surface area contributed by atoms with Crippen LogP contribution in [0, 0.1) is 13.8 Å². The predicted octanol–water partition coefficient (Wildman–Crippen LogP) is 6.27. The van der Waals surface area contributed by atoms with Crippen LogP contribution in [0.4, 0.5) is 5.13 Å². The highest BCUT2D eigenvalue weighted by Crippen LogP contribution is 2.43. The maximum absolute atomic E-state index is 13.7. The molecule has 0 saturated carbocycles. The molecular formula is C24H19Cl2N3O3S. The molecule has 0 radical (unpaired) electrons. The molecule has 1 aliphatic heterocycles. The third kappa shape index (κ3) is 3.55. The number of nitrogens with zero attached hydrogens (tertiary/aromatic N) is 3. The van der Waals surface area contributed by atoms with Crippen molar-refractivity contribution in [2.75, 3.05) is 4.90 Å². The van der Waals surface area contributed by atoms with Gasteiger partial charge in [0, 0.05) is 6.42 Å². The van der Waals surface area contributed by atoms with Gasteiger partial charge in [0.05, 0.1) is 27.0 Å². The highest BCUT2D eigenvalue weighted by molar-refractivity contribution is 7.15. The van der Waals surface area contributed by atoms with Crippen molar-refractivity contribution in [1.82, 2.24) is 10.2 Å². The van der Waals surface area contributed by atoms with Crippen LogP contribution >= 0.6 is 34.5 Å². The Kier molecular flexibility index (Phi) is 5.51. The van der Waals surface area contributed by atoms with Crippen LogP contribution in [0.15, 0.2) is 39.5 Å². The van der Waals surface area contributed by atoms with E-state index in [-0.39, 0.29) is 16.8 Å². The van der Waals surface area contributed by atoms with Crippen molar-refractivity contribution >= 4 is 56.5 Å². The van der Waals surface area contributed by atoms with E-state index in [0.717, 1.165) is 29.0 Å². The smallest absolute Gasteiger partial charge is 0.297 e. The number of hydrogen-bond acceptors (Lipinski definition) is 6. The number of hydrogen-bond donors (Lipinski definition) is 0. The summed E-state index contributed by atoms with van der Waals surface area (Å²) in [5.41, 5.74) is 2.98. The summed E-state index contributed by atoms with van der Waals surface area (Å²) in [7, 11) is 0. The first-order valence-electron chi connectivity index (χ1n) is 10.5. The Balaban J connectivity index is 1.79. The molecule has 0 bridgehead atoms. The Bertz CT molecular complexity index is 1490. The third-order valence-corrected chi connectivity index (χ3v) is 7.59. The zero-order valence-electron chi connectivity index (χ0n) is 18.1. The van der Waals surface area contributed by atoms with Crippen LogP contribution in [0.3, 0.4) is 0 Å². The molecule has 1 amide bonds. The second-order valence-electron chi connectivity index (χ2n) is 8.09. The first kappa shape index (κ1) is 22.1. The van der Waals surface area contributed by atoms with E-state index in [0.29, 0.717) is 31.7 Å². The summed E-state index contributed by atoms with van der Waals surface area (Å²) in [4.78, 5) is 28.8. The maximum atomic E-state index is 13.7. The molecule has 6 nitrogen and oxygen atoms in total. The van der Waals surface area contributed by atoms with E-state index in [4.69, 9.17) is 27.6 Å². The number of halogens is 2. The fraction of sp³-hybridized carbons (Fsp3) is 0.250. The zero-order chi connectivity index (χ0) is 23.4. The van der Waals surface area contributed by atoms with E-state index in [1.165, 1.54) is 16.2 Å². The molecule has 0 spiro atoms. The van der Waals surface area contributed by atoms with E-state index in [1.807, 2.05) is 13.8 Å². The van der Waals surface area contributed by atoms with Crippen LogP contribution in [0.1, 0.15) is 57.2 Å². The van der Waals surface area contributed by atoms with Crippen LogP contribution in [0.25, 0.3) is 11.0 Å². The van der Waals surface area contributed by atoms with Gasteiger partial charge < -0.3 is 4.42 Å². The third-order valence-electron chi connectivity index (χ3n) is 5.87. The number of aryl methyl sites for hydroxylation is 3. The van der Waals surface area contributed by atoms with Crippen LogP contribution in [0.2, 0.25) is 10.0 Å². The van der Waals surface area contributed by atoms with Crippen molar-refractivity contribution in [3.8, 4) is 0 Å². The SMILES string of the molecule is CCCc1nnc(N2C(=O)c3oc4cc(C)c(C)cc4c(=O)c3C2c2ccc(Cl)c(Cl)c2)s1. The molecule has 0 N–H and O–H groups in total. The molecule has 2 aromatic heterocycles. The lowest BCUT2D eigenvalue weighted by atomic mass is 9.97. The molecule has 1 aliphatic rings. The van der Waals surface area contributed by atoms with Gasteiger partial charge in [0.2, 0.25) is 10.9 Å². The zero-order valence-corrected chi connectivity index (χ0v) is 20.4. The van der Waals surface area contributed by atoms with Crippen molar-refractivity contribution in [2.45, 2.75) is 39.7 Å². The molecule has 2 aromatic carbocycles. The lowest BCUT2D eigenvalue weighted by Gasteiger charge is -2.22. The molecule has 4 aromatic rings. The topological polar surface area (TPSA) is 76.3 Å².